The third-order valence-electron chi connectivity index (χ3n) is 3.74. The fraction of sp³-hybridized carbons (Fsp3) is 0.0556. The molecular formula is C18H14ClN5O. The van der Waals surface area contributed by atoms with Crippen molar-refractivity contribution in [1.82, 2.24) is 9.78 Å². The van der Waals surface area contributed by atoms with E-state index < -0.39 is 5.91 Å². The summed E-state index contributed by atoms with van der Waals surface area (Å²) in [6.45, 7) is 1.93. The molecule has 2 aromatic carbocycles. The van der Waals surface area contributed by atoms with Crippen LogP contribution >= 0.6 is 11.6 Å². The average Bonchev–Trinajstić information content (AvgIpc) is 2.98. The number of benzene rings is 2. The molecule has 0 atom stereocenters. The van der Waals surface area contributed by atoms with Crippen LogP contribution in [0.15, 0.2) is 48.7 Å². The van der Waals surface area contributed by atoms with Crippen LogP contribution in [0.1, 0.15) is 21.5 Å². The molecule has 124 valence electrons. The molecule has 6 nitrogen and oxygen atoms in total. The second-order valence-corrected chi connectivity index (χ2v) is 5.83. The fourth-order valence-corrected chi connectivity index (χ4v) is 2.61. The van der Waals surface area contributed by atoms with Gasteiger partial charge in [-0.1, -0.05) is 29.8 Å². The van der Waals surface area contributed by atoms with E-state index in [1.54, 1.807) is 12.1 Å². The van der Waals surface area contributed by atoms with Crippen molar-refractivity contribution in [2.45, 2.75) is 6.92 Å². The zero-order valence-electron chi connectivity index (χ0n) is 13.3. The lowest BCUT2D eigenvalue weighted by Crippen LogP contribution is -2.15. The maximum Gasteiger partial charge on any atom is 0.261 e. The number of halogens is 1. The minimum atomic E-state index is -0.448. The van der Waals surface area contributed by atoms with Gasteiger partial charge in [0, 0.05) is 5.02 Å². The average molecular weight is 352 g/mol. The Kier molecular flexibility index (Phi) is 4.42. The molecule has 3 N–H and O–H groups in total. The minimum absolute atomic E-state index is 0.222. The molecule has 0 saturated heterocycles. The summed E-state index contributed by atoms with van der Waals surface area (Å²) in [7, 11) is 0. The van der Waals surface area contributed by atoms with Crippen LogP contribution in [0.2, 0.25) is 5.02 Å². The van der Waals surface area contributed by atoms with Gasteiger partial charge >= 0.3 is 0 Å². The van der Waals surface area contributed by atoms with Crippen molar-refractivity contribution < 1.29 is 4.79 Å². The Hall–Kier alpha value is -3.30. The number of hydrogen-bond acceptors (Lipinski definition) is 4. The van der Waals surface area contributed by atoms with Crippen molar-refractivity contribution in [1.29, 1.82) is 5.26 Å². The van der Waals surface area contributed by atoms with Crippen molar-refractivity contribution in [3.63, 3.8) is 0 Å². The number of amides is 1. The van der Waals surface area contributed by atoms with E-state index in [0.717, 1.165) is 11.3 Å². The number of aromatic nitrogens is 2. The van der Waals surface area contributed by atoms with Crippen molar-refractivity contribution in [3.05, 3.63) is 70.4 Å². The third-order valence-corrected chi connectivity index (χ3v) is 3.98. The Balaban J connectivity index is 1.93. The summed E-state index contributed by atoms with van der Waals surface area (Å²) in [5.74, 6) is -0.226. The van der Waals surface area contributed by atoms with E-state index in [4.69, 9.17) is 22.6 Å². The molecule has 0 aliphatic heterocycles. The van der Waals surface area contributed by atoms with Gasteiger partial charge < -0.3 is 11.1 Å². The lowest BCUT2D eigenvalue weighted by atomic mass is 10.2. The van der Waals surface area contributed by atoms with Crippen LogP contribution in [-0.2, 0) is 0 Å². The Morgan fingerprint density at radius 1 is 1.32 bits per heavy atom. The standard InChI is InChI=1S/C18H14ClN5O/c1-11-4-2-3-5-16(11)24-17(21)14(10-22-24)18(25)23-15-7-6-13(19)8-12(15)9-20/h2-8,10H,21H2,1H3,(H,23,25). The predicted molar refractivity (Wildman–Crippen MR) is 96.8 cm³/mol. The van der Waals surface area contributed by atoms with Gasteiger partial charge in [-0.05, 0) is 36.8 Å². The number of carbonyl (C=O) groups is 1. The van der Waals surface area contributed by atoms with Crippen LogP contribution in [0.25, 0.3) is 5.69 Å². The first-order chi connectivity index (χ1) is 12.0. The van der Waals surface area contributed by atoms with E-state index in [0.29, 0.717) is 10.7 Å². The molecule has 0 aliphatic carbocycles. The number of hydrogen-bond donors (Lipinski definition) is 2. The highest BCUT2D eigenvalue weighted by molar-refractivity contribution is 6.30. The smallest absolute Gasteiger partial charge is 0.261 e. The molecule has 7 heteroatoms. The van der Waals surface area contributed by atoms with Gasteiger partial charge in [-0.2, -0.15) is 10.4 Å². The van der Waals surface area contributed by atoms with Gasteiger partial charge in [0.05, 0.1) is 23.1 Å². The minimum Gasteiger partial charge on any atom is -0.383 e. The highest BCUT2D eigenvalue weighted by Crippen LogP contribution is 2.23. The lowest BCUT2D eigenvalue weighted by molar-refractivity contribution is 0.102. The number of nitrogens with one attached hydrogen (secondary N) is 1. The number of rotatable bonds is 3. The first-order valence-corrected chi connectivity index (χ1v) is 7.79. The molecule has 0 unspecified atom stereocenters. The first-order valence-electron chi connectivity index (χ1n) is 7.41. The van der Waals surface area contributed by atoms with Gasteiger partial charge in [0.15, 0.2) is 0 Å². The molecule has 25 heavy (non-hydrogen) atoms. The zero-order valence-corrected chi connectivity index (χ0v) is 14.1. The third kappa shape index (κ3) is 3.18. The van der Waals surface area contributed by atoms with Gasteiger partial charge in [-0.25, -0.2) is 4.68 Å². The number of nitrogens with two attached hydrogens (primary N) is 1. The molecular weight excluding hydrogens is 338 g/mol. The van der Waals surface area contributed by atoms with Crippen LogP contribution < -0.4 is 11.1 Å². The molecule has 0 aliphatic rings. The fourth-order valence-electron chi connectivity index (χ4n) is 2.43. The number of nitrogens with zero attached hydrogens (tertiary/aromatic N) is 3. The normalized spacial score (nSPS) is 10.3. The van der Waals surface area contributed by atoms with Crippen molar-refractivity contribution in [3.8, 4) is 11.8 Å². The molecule has 0 bridgehead atoms. The van der Waals surface area contributed by atoms with Crippen molar-refractivity contribution in [2.75, 3.05) is 11.1 Å². The van der Waals surface area contributed by atoms with E-state index in [1.165, 1.54) is 16.9 Å². The molecule has 1 aromatic heterocycles. The SMILES string of the molecule is Cc1ccccc1-n1ncc(C(=O)Nc2ccc(Cl)cc2C#N)c1N. The van der Waals surface area contributed by atoms with Crippen molar-refractivity contribution >= 4 is 29.0 Å². The van der Waals surface area contributed by atoms with Crippen LogP contribution in [0.3, 0.4) is 0 Å². The topological polar surface area (TPSA) is 96.7 Å². The quantitative estimate of drug-likeness (QED) is 0.754. The van der Waals surface area contributed by atoms with E-state index >= 15 is 0 Å². The monoisotopic (exact) mass is 351 g/mol. The summed E-state index contributed by atoms with van der Waals surface area (Å²) in [5.41, 5.74) is 8.74. The molecule has 3 aromatic rings. The van der Waals surface area contributed by atoms with Gasteiger partial charge in [-0.15, -0.1) is 0 Å². The van der Waals surface area contributed by atoms with Crippen LogP contribution in [-0.4, -0.2) is 15.7 Å². The number of aryl methyl sites for hydroxylation is 1. The Bertz CT molecular complexity index is 1000. The van der Waals surface area contributed by atoms with E-state index in [2.05, 4.69) is 10.4 Å². The van der Waals surface area contributed by atoms with E-state index in [9.17, 15) is 4.79 Å². The summed E-state index contributed by atoms with van der Waals surface area (Å²) in [5, 5.41) is 16.5. The highest BCUT2D eigenvalue weighted by Gasteiger charge is 2.18. The second kappa shape index (κ2) is 6.67. The van der Waals surface area contributed by atoms with Crippen LogP contribution in [0, 0.1) is 18.3 Å². The largest absolute Gasteiger partial charge is 0.383 e. The van der Waals surface area contributed by atoms with Gasteiger partial charge in [0.1, 0.15) is 17.5 Å². The number of nitrogen functional groups attached to an aromatic ring is 1. The van der Waals surface area contributed by atoms with Crippen LogP contribution in [0.5, 0.6) is 0 Å². The second-order valence-electron chi connectivity index (χ2n) is 5.40. The zero-order chi connectivity index (χ0) is 18.0. The number of anilines is 2. The Morgan fingerprint density at radius 3 is 2.80 bits per heavy atom. The lowest BCUT2D eigenvalue weighted by Gasteiger charge is -2.09. The van der Waals surface area contributed by atoms with Crippen molar-refractivity contribution in [2.24, 2.45) is 0 Å². The van der Waals surface area contributed by atoms with Gasteiger partial charge in [-0.3, -0.25) is 4.79 Å². The summed E-state index contributed by atoms with van der Waals surface area (Å²) >= 11 is 5.86. The maximum atomic E-state index is 12.5. The number of para-hydroxylation sites is 1. The molecule has 0 fully saturated rings. The summed E-state index contributed by atoms with van der Waals surface area (Å²) < 4.78 is 1.51. The Morgan fingerprint density at radius 2 is 2.08 bits per heavy atom. The molecule has 0 radical (unpaired) electrons. The van der Waals surface area contributed by atoms with E-state index in [-0.39, 0.29) is 16.9 Å². The molecule has 3 rings (SSSR count). The van der Waals surface area contributed by atoms with Crippen LogP contribution in [0.4, 0.5) is 11.5 Å². The molecule has 1 amide bonds. The first kappa shape index (κ1) is 16.6. The van der Waals surface area contributed by atoms with Gasteiger partial charge in [0.25, 0.3) is 5.91 Å². The number of carbonyl (C=O) groups excluding carboxylic acids is 1. The van der Waals surface area contributed by atoms with Gasteiger partial charge in [0.2, 0.25) is 0 Å². The maximum absolute atomic E-state index is 12.5. The number of nitriles is 1. The summed E-state index contributed by atoms with van der Waals surface area (Å²) in [4.78, 5) is 12.5. The summed E-state index contributed by atoms with van der Waals surface area (Å²) in [6.07, 6.45) is 1.40. The molecule has 0 spiro atoms. The van der Waals surface area contributed by atoms with E-state index in [1.807, 2.05) is 37.3 Å². The molecule has 1 heterocycles. The molecule has 0 saturated carbocycles. The highest BCUT2D eigenvalue weighted by atomic mass is 35.5. The summed E-state index contributed by atoms with van der Waals surface area (Å²) in [6, 6.07) is 14.2. The predicted octanol–water partition coefficient (Wildman–Crippen LogP) is 3.54. The Labute approximate surface area is 149 Å².